The zero-order valence-electron chi connectivity index (χ0n) is 14.4. The molecule has 0 radical (unpaired) electrons. The van der Waals surface area contributed by atoms with Gasteiger partial charge in [-0.3, -0.25) is 4.79 Å². The van der Waals surface area contributed by atoms with Crippen molar-refractivity contribution < 1.29 is 24.2 Å². The van der Waals surface area contributed by atoms with E-state index in [1.54, 1.807) is 18.2 Å². The number of carbonyl (C=O) groups is 2. The molecular weight excluding hydrogens is 336 g/mol. The summed E-state index contributed by atoms with van der Waals surface area (Å²) < 4.78 is 10.8. The highest BCUT2D eigenvalue weighted by atomic mass is 16.5. The first kappa shape index (κ1) is 17.9. The number of amides is 1. The van der Waals surface area contributed by atoms with Crippen LogP contribution in [0.1, 0.15) is 45.5 Å². The van der Waals surface area contributed by atoms with Gasteiger partial charge in [-0.25, -0.2) is 9.78 Å². The number of methoxy groups -OCH3 is 1. The van der Waals surface area contributed by atoms with E-state index in [2.05, 4.69) is 10.3 Å². The number of ether oxygens (including phenoxy) is 2. The van der Waals surface area contributed by atoms with Crippen molar-refractivity contribution in [3.63, 3.8) is 0 Å². The molecule has 0 aliphatic heterocycles. The molecule has 1 aromatic carbocycles. The van der Waals surface area contributed by atoms with Crippen molar-refractivity contribution in [3.05, 3.63) is 53.2 Å². The lowest BCUT2D eigenvalue weighted by atomic mass is 9.96. The number of rotatable bonds is 7. The van der Waals surface area contributed by atoms with Crippen molar-refractivity contribution >= 4 is 17.6 Å². The van der Waals surface area contributed by atoms with Crippen LogP contribution in [0, 0.1) is 0 Å². The van der Waals surface area contributed by atoms with Crippen LogP contribution in [0.15, 0.2) is 36.5 Å². The molecule has 136 valence electrons. The van der Waals surface area contributed by atoms with Crippen LogP contribution in [-0.2, 0) is 11.3 Å². The Balaban J connectivity index is 1.76. The van der Waals surface area contributed by atoms with Crippen LogP contribution in [0.5, 0.6) is 5.88 Å². The van der Waals surface area contributed by atoms with Crippen LogP contribution in [0.25, 0.3) is 0 Å². The molecule has 0 unspecified atom stereocenters. The number of hydrogen-bond donors (Lipinski definition) is 2. The molecule has 1 aliphatic rings. The van der Waals surface area contributed by atoms with Crippen LogP contribution in [0.2, 0.25) is 0 Å². The molecule has 1 aliphatic carbocycles. The zero-order valence-corrected chi connectivity index (χ0v) is 14.4. The molecule has 7 nitrogen and oxygen atoms in total. The molecule has 1 amide bonds. The van der Waals surface area contributed by atoms with Gasteiger partial charge in [0.05, 0.1) is 12.2 Å². The van der Waals surface area contributed by atoms with Gasteiger partial charge in [0.1, 0.15) is 6.10 Å². The SMILES string of the molecule is COCc1cc(NC(=O)c2ccnc(OC3CCC3)c2)cc(C(=O)O)c1. The average molecular weight is 356 g/mol. The predicted molar refractivity (Wildman–Crippen MR) is 94.6 cm³/mol. The number of aromatic nitrogens is 1. The predicted octanol–water partition coefficient (Wildman–Crippen LogP) is 3.11. The number of pyridine rings is 1. The van der Waals surface area contributed by atoms with E-state index in [0.717, 1.165) is 19.3 Å². The van der Waals surface area contributed by atoms with E-state index < -0.39 is 5.97 Å². The fourth-order valence-corrected chi connectivity index (χ4v) is 2.62. The van der Waals surface area contributed by atoms with E-state index in [1.165, 1.54) is 25.4 Å². The van der Waals surface area contributed by atoms with Crippen LogP contribution in [0.3, 0.4) is 0 Å². The molecule has 7 heteroatoms. The third-order valence-corrected chi connectivity index (χ3v) is 4.15. The fraction of sp³-hybridized carbons (Fsp3) is 0.316. The molecule has 1 saturated carbocycles. The van der Waals surface area contributed by atoms with Gasteiger partial charge in [0.25, 0.3) is 5.91 Å². The van der Waals surface area contributed by atoms with E-state index >= 15 is 0 Å². The Morgan fingerprint density at radius 1 is 1.23 bits per heavy atom. The molecule has 1 fully saturated rings. The van der Waals surface area contributed by atoms with Crippen LogP contribution in [-0.4, -0.2) is 35.2 Å². The van der Waals surface area contributed by atoms with Crippen molar-refractivity contribution in [2.45, 2.75) is 32.0 Å². The largest absolute Gasteiger partial charge is 0.478 e. The van der Waals surface area contributed by atoms with Gasteiger partial charge in [0.2, 0.25) is 5.88 Å². The summed E-state index contributed by atoms with van der Waals surface area (Å²) in [6.07, 6.45) is 4.84. The molecular formula is C19H20N2O5. The summed E-state index contributed by atoms with van der Waals surface area (Å²) in [4.78, 5) is 27.9. The quantitative estimate of drug-likeness (QED) is 0.791. The number of nitrogens with one attached hydrogen (secondary N) is 1. The lowest BCUT2D eigenvalue weighted by molar-refractivity contribution is 0.0696. The smallest absolute Gasteiger partial charge is 0.335 e. The summed E-state index contributed by atoms with van der Waals surface area (Å²) in [6.45, 7) is 0.249. The van der Waals surface area contributed by atoms with Crippen LogP contribution < -0.4 is 10.1 Å². The van der Waals surface area contributed by atoms with Gasteiger partial charge in [0, 0.05) is 30.6 Å². The number of anilines is 1. The van der Waals surface area contributed by atoms with E-state index in [1.807, 2.05) is 0 Å². The van der Waals surface area contributed by atoms with Crippen LogP contribution >= 0.6 is 0 Å². The summed E-state index contributed by atoms with van der Waals surface area (Å²) in [5, 5.41) is 11.9. The third kappa shape index (κ3) is 4.37. The van der Waals surface area contributed by atoms with Gasteiger partial charge in [-0.15, -0.1) is 0 Å². The summed E-state index contributed by atoms with van der Waals surface area (Å²) in [5.41, 5.74) is 1.52. The molecule has 0 atom stereocenters. The summed E-state index contributed by atoms with van der Waals surface area (Å²) in [6, 6.07) is 7.77. The fourth-order valence-electron chi connectivity index (χ4n) is 2.62. The lowest BCUT2D eigenvalue weighted by Crippen LogP contribution is -2.25. The molecule has 26 heavy (non-hydrogen) atoms. The average Bonchev–Trinajstić information content (AvgIpc) is 2.58. The Labute approximate surface area is 151 Å². The highest BCUT2D eigenvalue weighted by Crippen LogP contribution is 2.24. The number of carboxylic acids is 1. The Hall–Kier alpha value is -2.93. The molecule has 2 aromatic rings. The maximum Gasteiger partial charge on any atom is 0.335 e. The monoisotopic (exact) mass is 356 g/mol. The van der Waals surface area contributed by atoms with E-state index in [-0.39, 0.29) is 24.2 Å². The Morgan fingerprint density at radius 2 is 2.04 bits per heavy atom. The highest BCUT2D eigenvalue weighted by Gasteiger charge is 2.20. The number of benzene rings is 1. The number of hydrogen-bond acceptors (Lipinski definition) is 5. The standard InChI is InChI=1S/C19H20N2O5/c1-25-11-12-7-14(19(23)24)9-15(8-12)21-18(22)13-5-6-20-17(10-13)26-16-3-2-4-16/h5-10,16H,2-4,11H2,1H3,(H,21,22)(H,23,24). The van der Waals surface area contributed by atoms with Crippen molar-refractivity contribution in [2.24, 2.45) is 0 Å². The molecule has 0 saturated heterocycles. The number of aromatic carboxylic acids is 1. The lowest BCUT2D eigenvalue weighted by Gasteiger charge is -2.25. The third-order valence-electron chi connectivity index (χ3n) is 4.15. The maximum absolute atomic E-state index is 12.5. The second-order valence-corrected chi connectivity index (χ2v) is 6.16. The van der Waals surface area contributed by atoms with Gasteiger partial charge in [-0.2, -0.15) is 0 Å². The minimum atomic E-state index is -1.07. The number of carboxylic acid groups (broad SMARTS) is 1. The minimum absolute atomic E-state index is 0.0820. The van der Waals surface area contributed by atoms with E-state index in [9.17, 15) is 14.7 Å². The molecule has 1 aromatic heterocycles. The first-order valence-electron chi connectivity index (χ1n) is 8.35. The Morgan fingerprint density at radius 3 is 2.69 bits per heavy atom. The highest BCUT2D eigenvalue weighted by molar-refractivity contribution is 6.05. The first-order valence-corrected chi connectivity index (χ1v) is 8.35. The van der Waals surface area contributed by atoms with E-state index in [4.69, 9.17) is 9.47 Å². The number of nitrogens with zero attached hydrogens (tertiary/aromatic N) is 1. The molecule has 2 N–H and O–H groups in total. The topological polar surface area (TPSA) is 97.8 Å². The molecule has 3 rings (SSSR count). The normalized spacial score (nSPS) is 13.7. The van der Waals surface area contributed by atoms with Crippen molar-refractivity contribution in [2.75, 3.05) is 12.4 Å². The van der Waals surface area contributed by atoms with Gasteiger partial charge >= 0.3 is 5.97 Å². The van der Waals surface area contributed by atoms with Gasteiger partial charge in [-0.05, 0) is 49.1 Å². The Bertz CT molecular complexity index is 817. The first-order chi connectivity index (χ1) is 12.5. The second kappa shape index (κ2) is 7.97. The minimum Gasteiger partial charge on any atom is -0.478 e. The maximum atomic E-state index is 12.5. The molecule has 0 spiro atoms. The summed E-state index contributed by atoms with van der Waals surface area (Å²) in [7, 11) is 1.52. The zero-order chi connectivity index (χ0) is 18.5. The van der Waals surface area contributed by atoms with Crippen LogP contribution in [0.4, 0.5) is 5.69 Å². The Kier molecular flexibility index (Phi) is 5.48. The van der Waals surface area contributed by atoms with Crippen molar-refractivity contribution in [3.8, 4) is 5.88 Å². The van der Waals surface area contributed by atoms with Gasteiger partial charge in [0.15, 0.2) is 0 Å². The summed E-state index contributed by atoms with van der Waals surface area (Å²) in [5.74, 6) is -1.02. The summed E-state index contributed by atoms with van der Waals surface area (Å²) >= 11 is 0. The van der Waals surface area contributed by atoms with E-state index in [0.29, 0.717) is 22.7 Å². The van der Waals surface area contributed by atoms with Gasteiger partial charge < -0.3 is 19.9 Å². The molecule has 1 heterocycles. The second-order valence-electron chi connectivity index (χ2n) is 6.16. The van der Waals surface area contributed by atoms with Crippen molar-refractivity contribution in [1.29, 1.82) is 0 Å². The van der Waals surface area contributed by atoms with Crippen molar-refractivity contribution in [1.82, 2.24) is 4.98 Å². The van der Waals surface area contributed by atoms with Gasteiger partial charge in [-0.1, -0.05) is 0 Å². The molecule has 0 bridgehead atoms. The number of carbonyl (C=O) groups excluding carboxylic acids is 1.